The van der Waals surface area contributed by atoms with Crippen molar-refractivity contribution in [2.75, 3.05) is 0 Å². The van der Waals surface area contributed by atoms with Crippen LogP contribution in [-0.4, -0.2) is 24.4 Å². The molecule has 0 spiro atoms. The van der Waals surface area contributed by atoms with Gasteiger partial charge in [0.2, 0.25) is 0 Å². The second-order valence-corrected chi connectivity index (χ2v) is 2.98. The summed E-state index contributed by atoms with van der Waals surface area (Å²) in [7, 11) is 0. The monoisotopic (exact) mass is 188 g/mol. The van der Waals surface area contributed by atoms with Crippen LogP contribution in [0.1, 0.15) is 27.7 Å². The number of carbonyl (C=O) groups is 2. The van der Waals surface area contributed by atoms with Gasteiger partial charge in [-0.3, -0.25) is 0 Å². The van der Waals surface area contributed by atoms with Crippen LogP contribution < -0.4 is 5.32 Å². The first kappa shape index (κ1) is 11.7. The standard InChI is InChI=1S/C8H14NO4/c1-5(2)12-7(10)9-8(11)13-6(3)4/h5-6H,1-4H3. The van der Waals surface area contributed by atoms with Crippen LogP contribution in [0.4, 0.5) is 9.59 Å². The van der Waals surface area contributed by atoms with Gasteiger partial charge in [-0.05, 0) is 27.7 Å². The van der Waals surface area contributed by atoms with Crippen molar-refractivity contribution < 1.29 is 19.1 Å². The third-order valence-electron chi connectivity index (χ3n) is 0.856. The molecule has 0 N–H and O–H groups in total. The quantitative estimate of drug-likeness (QED) is 0.661. The van der Waals surface area contributed by atoms with Crippen LogP contribution in [0.25, 0.3) is 0 Å². The van der Waals surface area contributed by atoms with E-state index in [4.69, 9.17) is 0 Å². The molecule has 0 aromatic rings. The van der Waals surface area contributed by atoms with Crippen molar-refractivity contribution in [3.8, 4) is 0 Å². The van der Waals surface area contributed by atoms with E-state index < -0.39 is 12.2 Å². The molecule has 0 saturated carbocycles. The van der Waals surface area contributed by atoms with Gasteiger partial charge in [-0.25, -0.2) is 9.59 Å². The van der Waals surface area contributed by atoms with E-state index in [2.05, 4.69) is 14.8 Å². The predicted molar refractivity (Wildman–Crippen MR) is 45.4 cm³/mol. The molecule has 0 atom stereocenters. The van der Waals surface area contributed by atoms with E-state index >= 15 is 0 Å². The Bertz CT molecular complexity index is 169. The maximum atomic E-state index is 10.8. The molecule has 0 aliphatic carbocycles. The Labute approximate surface area is 77.4 Å². The molecule has 5 heteroatoms. The smallest absolute Gasteiger partial charge is 0.439 e. The van der Waals surface area contributed by atoms with Gasteiger partial charge in [0.15, 0.2) is 0 Å². The van der Waals surface area contributed by atoms with E-state index in [1.54, 1.807) is 27.7 Å². The summed E-state index contributed by atoms with van der Waals surface area (Å²) in [4.78, 5) is 21.5. The van der Waals surface area contributed by atoms with Crippen molar-refractivity contribution >= 4 is 12.2 Å². The van der Waals surface area contributed by atoms with E-state index in [9.17, 15) is 9.59 Å². The summed E-state index contributed by atoms with van der Waals surface area (Å²) in [5.74, 6) is 0. The normalized spacial score (nSPS) is 10.0. The van der Waals surface area contributed by atoms with Crippen molar-refractivity contribution in [2.24, 2.45) is 0 Å². The SMILES string of the molecule is CC(C)OC(=O)[N]C(=O)OC(C)C. The molecule has 0 aromatic heterocycles. The van der Waals surface area contributed by atoms with Gasteiger partial charge in [0.1, 0.15) is 0 Å². The third-order valence-corrected chi connectivity index (χ3v) is 0.856. The lowest BCUT2D eigenvalue weighted by molar-refractivity contribution is 0.0932. The highest BCUT2D eigenvalue weighted by Gasteiger charge is 2.14. The summed E-state index contributed by atoms with van der Waals surface area (Å²) in [5, 5.41) is 3.04. The number of carbonyl (C=O) groups excluding carboxylic acids is 2. The Balaban J connectivity index is 3.72. The number of hydrogen-bond acceptors (Lipinski definition) is 4. The largest absolute Gasteiger partial charge is 0.445 e. The van der Waals surface area contributed by atoms with Crippen molar-refractivity contribution in [2.45, 2.75) is 39.9 Å². The fourth-order valence-corrected chi connectivity index (χ4v) is 0.531. The lowest BCUT2D eigenvalue weighted by Crippen LogP contribution is -2.28. The molecule has 0 saturated heterocycles. The van der Waals surface area contributed by atoms with Crippen molar-refractivity contribution in [1.82, 2.24) is 5.32 Å². The minimum absolute atomic E-state index is 0.289. The molecule has 0 rings (SSSR count). The molecule has 75 valence electrons. The van der Waals surface area contributed by atoms with Crippen LogP contribution in [0.3, 0.4) is 0 Å². The number of hydrogen-bond donors (Lipinski definition) is 0. The maximum absolute atomic E-state index is 10.8. The van der Waals surface area contributed by atoms with Crippen LogP contribution in [-0.2, 0) is 9.47 Å². The van der Waals surface area contributed by atoms with Gasteiger partial charge in [0, 0.05) is 0 Å². The summed E-state index contributed by atoms with van der Waals surface area (Å²) in [5.41, 5.74) is 0. The molecular weight excluding hydrogens is 174 g/mol. The minimum Gasteiger partial charge on any atom is -0.445 e. The average molecular weight is 188 g/mol. The molecule has 0 heterocycles. The van der Waals surface area contributed by atoms with Gasteiger partial charge in [0.05, 0.1) is 12.2 Å². The van der Waals surface area contributed by atoms with E-state index in [1.165, 1.54) is 0 Å². The van der Waals surface area contributed by atoms with E-state index in [0.717, 1.165) is 0 Å². The lowest BCUT2D eigenvalue weighted by atomic mass is 10.5. The topological polar surface area (TPSA) is 66.7 Å². The fraction of sp³-hybridized carbons (Fsp3) is 0.750. The Morgan fingerprint density at radius 2 is 1.23 bits per heavy atom. The van der Waals surface area contributed by atoms with Gasteiger partial charge < -0.3 is 9.47 Å². The molecule has 0 aliphatic rings. The summed E-state index contributed by atoms with van der Waals surface area (Å²) < 4.78 is 9.19. The van der Waals surface area contributed by atoms with Crippen LogP contribution in [0.5, 0.6) is 0 Å². The van der Waals surface area contributed by atoms with Gasteiger partial charge in [-0.1, -0.05) is 5.32 Å². The molecule has 5 nitrogen and oxygen atoms in total. The molecule has 1 radical (unpaired) electrons. The average Bonchev–Trinajstić information content (AvgIpc) is 1.80. The molecule has 0 aromatic carbocycles. The lowest BCUT2D eigenvalue weighted by Gasteiger charge is -2.08. The van der Waals surface area contributed by atoms with Crippen molar-refractivity contribution in [1.29, 1.82) is 0 Å². The number of rotatable bonds is 2. The Kier molecular flexibility index (Phi) is 4.87. The summed E-state index contributed by atoms with van der Waals surface area (Å²) in [6, 6.07) is 0. The first-order valence-corrected chi connectivity index (χ1v) is 4.04. The zero-order valence-corrected chi connectivity index (χ0v) is 8.23. The van der Waals surface area contributed by atoms with Gasteiger partial charge in [0.25, 0.3) is 0 Å². The van der Waals surface area contributed by atoms with E-state index in [-0.39, 0.29) is 12.2 Å². The van der Waals surface area contributed by atoms with Crippen LogP contribution in [0.15, 0.2) is 0 Å². The van der Waals surface area contributed by atoms with Crippen molar-refractivity contribution in [3.05, 3.63) is 0 Å². The Morgan fingerprint density at radius 3 is 1.46 bits per heavy atom. The Hall–Kier alpha value is -1.26. The summed E-state index contributed by atoms with van der Waals surface area (Å²) in [6.45, 7) is 6.67. The van der Waals surface area contributed by atoms with Crippen LogP contribution >= 0.6 is 0 Å². The molecule has 0 aliphatic heterocycles. The highest BCUT2D eigenvalue weighted by Crippen LogP contribution is 1.93. The number of amides is 2. The fourth-order valence-electron chi connectivity index (χ4n) is 0.531. The minimum atomic E-state index is -0.916. The number of imide groups is 1. The van der Waals surface area contributed by atoms with Gasteiger partial charge in [-0.15, -0.1) is 0 Å². The Morgan fingerprint density at radius 1 is 0.923 bits per heavy atom. The molecular formula is C8H14NO4. The molecule has 0 bridgehead atoms. The van der Waals surface area contributed by atoms with E-state index in [0.29, 0.717) is 0 Å². The van der Waals surface area contributed by atoms with Crippen LogP contribution in [0.2, 0.25) is 0 Å². The number of ether oxygens (including phenoxy) is 2. The highest BCUT2D eigenvalue weighted by molar-refractivity contribution is 5.87. The zero-order valence-electron chi connectivity index (χ0n) is 8.23. The van der Waals surface area contributed by atoms with Crippen molar-refractivity contribution in [3.63, 3.8) is 0 Å². The zero-order chi connectivity index (χ0) is 10.4. The summed E-state index contributed by atoms with van der Waals surface area (Å²) in [6.07, 6.45) is -2.41. The van der Waals surface area contributed by atoms with Gasteiger partial charge in [-0.2, -0.15) is 0 Å². The maximum Gasteiger partial charge on any atom is 0.439 e. The first-order chi connectivity index (χ1) is 5.91. The third kappa shape index (κ3) is 7.11. The summed E-state index contributed by atoms with van der Waals surface area (Å²) >= 11 is 0. The number of nitrogens with zero attached hydrogens (tertiary/aromatic N) is 1. The second kappa shape index (κ2) is 5.40. The van der Waals surface area contributed by atoms with Crippen LogP contribution in [0, 0.1) is 0 Å². The van der Waals surface area contributed by atoms with E-state index in [1.807, 2.05) is 0 Å². The first-order valence-electron chi connectivity index (χ1n) is 4.04. The second-order valence-electron chi connectivity index (χ2n) is 2.98. The molecule has 2 amide bonds. The molecule has 0 unspecified atom stereocenters. The highest BCUT2D eigenvalue weighted by atomic mass is 16.6. The van der Waals surface area contributed by atoms with Gasteiger partial charge >= 0.3 is 12.2 Å². The molecule has 0 fully saturated rings. The predicted octanol–water partition coefficient (Wildman–Crippen LogP) is 1.68. The molecule has 13 heavy (non-hydrogen) atoms.